The summed E-state index contributed by atoms with van der Waals surface area (Å²) in [6.45, 7) is 0. The number of ether oxygens (including phenoxy) is 1. The van der Waals surface area contributed by atoms with Crippen LogP contribution in [0.4, 0.5) is 4.39 Å². The molecule has 1 rings (SSSR count). The molecular formula is C10H10ClFO3. The van der Waals surface area contributed by atoms with Gasteiger partial charge in [-0.2, -0.15) is 0 Å². The lowest BCUT2D eigenvalue weighted by Gasteiger charge is -2.08. The van der Waals surface area contributed by atoms with Gasteiger partial charge in [-0.25, -0.2) is 4.39 Å². The molecule has 0 radical (unpaired) electrons. The number of hydrogen-bond acceptors (Lipinski definition) is 2. The molecule has 0 heterocycles. The molecule has 0 atom stereocenters. The van der Waals surface area contributed by atoms with Gasteiger partial charge in [-0.1, -0.05) is 17.7 Å². The summed E-state index contributed by atoms with van der Waals surface area (Å²) in [6.07, 6.45) is 0.208. The van der Waals surface area contributed by atoms with Crippen LogP contribution in [0.2, 0.25) is 5.02 Å². The summed E-state index contributed by atoms with van der Waals surface area (Å²) in [5.41, 5.74) is 0.567. The fourth-order valence-corrected chi connectivity index (χ4v) is 1.52. The zero-order valence-electron chi connectivity index (χ0n) is 8.09. The van der Waals surface area contributed by atoms with Crippen molar-refractivity contribution in [2.45, 2.75) is 12.8 Å². The van der Waals surface area contributed by atoms with E-state index in [1.807, 2.05) is 0 Å². The Balaban J connectivity index is 2.94. The Morgan fingerprint density at radius 3 is 2.80 bits per heavy atom. The molecule has 15 heavy (non-hydrogen) atoms. The van der Waals surface area contributed by atoms with Crippen LogP contribution >= 0.6 is 11.6 Å². The molecule has 0 fully saturated rings. The number of benzene rings is 1. The second-order valence-electron chi connectivity index (χ2n) is 2.95. The van der Waals surface area contributed by atoms with Crippen LogP contribution in [0.1, 0.15) is 12.0 Å². The highest BCUT2D eigenvalue weighted by Crippen LogP contribution is 2.31. The molecule has 0 saturated carbocycles. The van der Waals surface area contributed by atoms with Gasteiger partial charge >= 0.3 is 5.97 Å². The van der Waals surface area contributed by atoms with Gasteiger partial charge in [0, 0.05) is 6.42 Å². The van der Waals surface area contributed by atoms with Crippen LogP contribution in [0.15, 0.2) is 12.1 Å². The third-order valence-electron chi connectivity index (χ3n) is 1.94. The fraction of sp³-hybridized carbons (Fsp3) is 0.300. The SMILES string of the molecule is COc1c(F)ccc(CCC(=O)O)c1Cl. The summed E-state index contributed by atoms with van der Waals surface area (Å²) in [5, 5.41) is 8.64. The first-order valence-electron chi connectivity index (χ1n) is 4.29. The minimum absolute atomic E-state index is 0.0421. The van der Waals surface area contributed by atoms with Gasteiger partial charge in [0.15, 0.2) is 11.6 Å². The molecule has 3 nitrogen and oxygen atoms in total. The van der Waals surface area contributed by atoms with Crippen LogP contribution in [0.25, 0.3) is 0 Å². The highest BCUT2D eigenvalue weighted by atomic mass is 35.5. The van der Waals surface area contributed by atoms with E-state index < -0.39 is 11.8 Å². The molecule has 5 heteroatoms. The summed E-state index contributed by atoms with van der Waals surface area (Å²) in [5.74, 6) is -1.52. The second kappa shape index (κ2) is 4.98. The molecule has 1 N–H and O–H groups in total. The van der Waals surface area contributed by atoms with Crippen molar-refractivity contribution in [1.82, 2.24) is 0 Å². The number of methoxy groups -OCH3 is 1. The highest BCUT2D eigenvalue weighted by molar-refractivity contribution is 6.32. The second-order valence-corrected chi connectivity index (χ2v) is 3.33. The Hall–Kier alpha value is -1.29. The maximum absolute atomic E-state index is 13.1. The van der Waals surface area contributed by atoms with Gasteiger partial charge in [0.25, 0.3) is 0 Å². The Morgan fingerprint density at radius 2 is 2.27 bits per heavy atom. The van der Waals surface area contributed by atoms with Gasteiger partial charge in [0.1, 0.15) is 0 Å². The molecule has 1 aromatic rings. The van der Waals surface area contributed by atoms with Crippen LogP contribution < -0.4 is 4.74 Å². The standard InChI is InChI=1S/C10H10ClFO3/c1-15-10-7(12)4-2-6(9(10)11)3-5-8(13)14/h2,4H,3,5H2,1H3,(H,13,14). The van der Waals surface area contributed by atoms with Gasteiger partial charge < -0.3 is 9.84 Å². The van der Waals surface area contributed by atoms with Crippen molar-refractivity contribution in [3.05, 3.63) is 28.5 Å². The number of rotatable bonds is 4. The lowest BCUT2D eigenvalue weighted by molar-refractivity contribution is -0.136. The van der Waals surface area contributed by atoms with E-state index in [2.05, 4.69) is 0 Å². The smallest absolute Gasteiger partial charge is 0.303 e. The van der Waals surface area contributed by atoms with E-state index in [-0.39, 0.29) is 23.6 Å². The number of carbonyl (C=O) groups is 1. The van der Waals surface area contributed by atoms with Gasteiger partial charge in [0.05, 0.1) is 12.1 Å². The Morgan fingerprint density at radius 1 is 1.60 bits per heavy atom. The van der Waals surface area contributed by atoms with E-state index in [0.29, 0.717) is 5.56 Å². The van der Waals surface area contributed by atoms with Gasteiger partial charge in [-0.3, -0.25) is 4.79 Å². The Labute approximate surface area is 91.4 Å². The van der Waals surface area contributed by atoms with E-state index in [1.165, 1.54) is 19.2 Å². The molecule has 0 aliphatic heterocycles. The number of hydrogen-bond donors (Lipinski definition) is 1. The monoisotopic (exact) mass is 232 g/mol. The molecule has 0 aliphatic rings. The summed E-state index contributed by atoms with van der Waals surface area (Å²) >= 11 is 5.84. The first kappa shape index (κ1) is 11.8. The van der Waals surface area contributed by atoms with Gasteiger partial charge in [-0.15, -0.1) is 0 Å². The number of aliphatic carboxylic acids is 1. The quantitative estimate of drug-likeness (QED) is 0.868. The van der Waals surface area contributed by atoms with Crippen molar-refractivity contribution < 1.29 is 19.0 Å². The predicted molar refractivity (Wildman–Crippen MR) is 53.9 cm³/mol. The third kappa shape index (κ3) is 2.83. The fourth-order valence-electron chi connectivity index (χ4n) is 1.20. The minimum Gasteiger partial charge on any atom is -0.492 e. The van der Waals surface area contributed by atoms with E-state index in [4.69, 9.17) is 21.4 Å². The topological polar surface area (TPSA) is 46.5 Å². The van der Waals surface area contributed by atoms with Crippen LogP contribution in [0.5, 0.6) is 5.75 Å². The van der Waals surface area contributed by atoms with Crippen molar-refractivity contribution >= 4 is 17.6 Å². The number of halogens is 2. The lowest BCUT2D eigenvalue weighted by Crippen LogP contribution is -1.99. The van der Waals surface area contributed by atoms with E-state index >= 15 is 0 Å². The Bertz CT molecular complexity index is 379. The van der Waals surface area contributed by atoms with Crippen molar-refractivity contribution in [3.63, 3.8) is 0 Å². The number of aryl methyl sites for hydroxylation is 1. The van der Waals surface area contributed by atoms with Crippen LogP contribution in [-0.2, 0) is 11.2 Å². The Kier molecular flexibility index (Phi) is 3.91. The molecule has 0 spiro atoms. The molecule has 0 aliphatic carbocycles. The van der Waals surface area contributed by atoms with Crippen LogP contribution in [0, 0.1) is 5.82 Å². The highest BCUT2D eigenvalue weighted by Gasteiger charge is 2.12. The molecule has 0 aromatic heterocycles. The van der Waals surface area contributed by atoms with E-state index in [1.54, 1.807) is 0 Å². The van der Waals surface area contributed by atoms with Crippen LogP contribution in [0.3, 0.4) is 0 Å². The van der Waals surface area contributed by atoms with Crippen molar-refractivity contribution in [2.75, 3.05) is 7.11 Å². The first-order valence-corrected chi connectivity index (χ1v) is 4.66. The molecular weight excluding hydrogens is 223 g/mol. The zero-order chi connectivity index (χ0) is 11.4. The van der Waals surface area contributed by atoms with Gasteiger partial charge in [-0.05, 0) is 18.1 Å². The molecule has 82 valence electrons. The molecule has 0 amide bonds. The van der Waals surface area contributed by atoms with Crippen LogP contribution in [-0.4, -0.2) is 18.2 Å². The number of carboxylic acid groups (broad SMARTS) is 1. The first-order chi connectivity index (χ1) is 7.06. The maximum atomic E-state index is 13.1. The predicted octanol–water partition coefficient (Wildman–Crippen LogP) is 2.50. The molecule has 0 saturated heterocycles. The average molecular weight is 233 g/mol. The van der Waals surface area contributed by atoms with E-state index in [9.17, 15) is 9.18 Å². The summed E-state index contributed by atoms with van der Waals surface area (Å²) in [6, 6.07) is 2.67. The molecule has 0 unspecified atom stereocenters. The largest absolute Gasteiger partial charge is 0.492 e. The van der Waals surface area contributed by atoms with Crippen molar-refractivity contribution in [1.29, 1.82) is 0 Å². The lowest BCUT2D eigenvalue weighted by atomic mass is 10.1. The van der Waals surface area contributed by atoms with Crippen molar-refractivity contribution in [2.24, 2.45) is 0 Å². The summed E-state index contributed by atoms with van der Waals surface area (Å²) in [7, 11) is 1.31. The van der Waals surface area contributed by atoms with Gasteiger partial charge in [0.2, 0.25) is 0 Å². The normalized spacial score (nSPS) is 10.1. The molecule has 1 aromatic carbocycles. The third-order valence-corrected chi connectivity index (χ3v) is 2.36. The average Bonchev–Trinajstić information content (AvgIpc) is 2.17. The maximum Gasteiger partial charge on any atom is 0.303 e. The summed E-state index contributed by atoms with van der Waals surface area (Å²) in [4.78, 5) is 10.4. The zero-order valence-corrected chi connectivity index (χ0v) is 8.84. The molecule has 0 bridgehead atoms. The summed E-state index contributed by atoms with van der Waals surface area (Å²) < 4.78 is 17.9. The number of carboxylic acids is 1. The van der Waals surface area contributed by atoms with E-state index in [0.717, 1.165) is 0 Å². The van der Waals surface area contributed by atoms with Crippen molar-refractivity contribution in [3.8, 4) is 5.75 Å². The minimum atomic E-state index is -0.922.